The van der Waals surface area contributed by atoms with Gasteiger partial charge in [0.15, 0.2) is 0 Å². The van der Waals surface area contributed by atoms with Crippen molar-refractivity contribution < 1.29 is 0 Å². The largest absolute Gasteiger partial charge is 0.0843 e. The molecule has 2 rings (SSSR count). The maximum atomic E-state index is 5.84. The molecule has 0 bridgehead atoms. The molecule has 0 saturated carbocycles. The molecule has 1 aromatic rings. The summed E-state index contributed by atoms with van der Waals surface area (Å²) in [4.78, 5) is 0. The number of halogens is 1. The molecule has 0 atom stereocenters. The summed E-state index contributed by atoms with van der Waals surface area (Å²) in [6, 6.07) is 8.03. The number of hydrogen-bond acceptors (Lipinski definition) is 0. The van der Waals surface area contributed by atoms with Crippen molar-refractivity contribution in [3.8, 4) is 0 Å². The molecule has 56 valence electrons. The fourth-order valence-electron chi connectivity index (χ4n) is 1.24. The van der Waals surface area contributed by atoms with Gasteiger partial charge in [-0.05, 0) is 36.1 Å². The standard InChI is InChI=1S/C10H9Cl/c11-10-6-2-5-9(7-10)8-3-1-4-8/h2-3,5-7H,1,4H2. The van der Waals surface area contributed by atoms with Crippen LogP contribution in [0.3, 0.4) is 0 Å². The minimum atomic E-state index is 0.829. The van der Waals surface area contributed by atoms with Crippen molar-refractivity contribution in [1.29, 1.82) is 0 Å². The first kappa shape index (κ1) is 6.93. The number of hydrogen-bond donors (Lipinski definition) is 0. The molecule has 0 aliphatic heterocycles. The van der Waals surface area contributed by atoms with Crippen LogP contribution in [0.2, 0.25) is 5.02 Å². The fourth-order valence-corrected chi connectivity index (χ4v) is 1.43. The van der Waals surface area contributed by atoms with Gasteiger partial charge < -0.3 is 0 Å². The van der Waals surface area contributed by atoms with Crippen LogP contribution >= 0.6 is 11.6 Å². The Kier molecular flexibility index (Phi) is 1.71. The predicted octanol–water partition coefficient (Wildman–Crippen LogP) is 3.52. The van der Waals surface area contributed by atoms with Gasteiger partial charge in [0.2, 0.25) is 0 Å². The maximum Gasteiger partial charge on any atom is 0.0412 e. The van der Waals surface area contributed by atoms with Gasteiger partial charge in [0.05, 0.1) is 0 Å². The summed E-state index contributed by atoms with van der Waals surface area (Å²) in [5.41, 5.74) is 2.72. The van der Waals surface area contributed by atoms with E-state index in [4.69, 9.17) is 11.6 Å². The van der Waals surface area contributed by atoms with Gasteiger partial charge in [0.25, 0.3) is 0 Å². The van der Waals surface area contributed by atoms with Crippen LogP contribution < -0.4 is 0 Å². The molecule has 1 aliphatic carbocycles. The molecule has 0 spiro atoms. The molecule has 1 heteroatoms. The summed E-state index contributed by atoms with van der Waals surface area (Å²) in [7, 11) is 0. The van der Waals surface area contributed by atoms with E-state index in [0.29, 0.717) is 0 Å². The molecule has 0 aromatic heterocycles. The van der Waals surface area contributed by atoms with Gasteiger partial charge in [0, 0.05) is 5.02 Å². The summed E-state index contributed by atoms with van der Waals surface area (Å²) in [6.45, 7) is 0. The van der Waals surface area contributed by atoms with Crippen molar-refractivity contribution in [2.75, 3.05) is 0 Å². The number of benzene rings is 1. The van der Waals surface area contributed by atoms with Crippen molar-refractivity contribution in [3.05, 3.63) is 40.9 Å². The van der Waals surface area contributed by atoms with Crippen molar-refractivity contribution in [3.63, 3.8) is 0 Å². The highest BCUT2D eigenvalue weighted by Crippen LogP contribution is 2.29. The van der Waals surface area contributed by atoms with E-state index >= 15 is 0 Å². The molecule has 11 heavy (non-hydrogen) atoms. The highest BCUT2D eigenvalue weighted by molar-refractivity contribution is 6.30. The van der Waals surface area contributed by atoms with Crippen LogP contribution in [0.5, 0.6) is 0 Å². The molecule has 0 saturated heterocycles. The summed E-state index contributed by atoms with van der Waals surface area (Å²) >= 11 is 5.84. The third kappa shape index (κ3) is 1.31. The van der Waals surface area contributed by atoms with Crippen molar-refractivity contribution in [2.24, 2.45) is 0 Å². The molecule has 0 radical (unpaired) electrons. The number of allylic oxidation sites excluding steroid dienone is 2. The predicted molar refractivity (Wildman–Crippen MR) is 48.7 cm³/mol. The molecule has 0 nitrogen and oxygen atoms in total. The molecule has 0 amide bonds. The lowest BCUT2D eigenvalue weighted by Gasteiger charge is -2.14. The second-order valence-corrected chi connectivity index (χ2v) is 3.21. The lowest BCUT2D eigenvalue weighted by molar-refractivity contribution is 0.988. The Labute approximate surface area is 71.5 Å². The molecule has 0 N–H and O–H groups in total. The van der Waals surface area contributed by atoms with Crippen LogP contribution in [0.4, 0.5) is 0 Å². The first-order chi connectivity index (χ1) is 5.36. The van der Waals surface area contributed by atoms with E-state index in [0.717, 1.165) is 5.02 Å². The van der Waals surface area contributed by atoms with Crippen LogP contribution in [0.15, 0.2) is 30.3 Å². The Balaban J connectivity index is 2.38. The van der Waals surface area contributed by atoms with E-state index < -0.39 is 0 Å². The van der Waals surface area contributed by atoms with Crippen molar-refractivity contribution in [2.45, 2.75) is 12.8 Å². The van der Waals surface area contributed by atoms with E-state index in [1.54, 1.807) is 0 Å². The Morgan fingerprint density at radius 3 is 2.64 bits per heavy atom. The average Bonchev–Trinajstić information content (AvgIpc) is 1.83. The van der Waals surface area contributed by atoms with E-state index in [-0.39, 0.29) is 0 Å². The molecule has 0 heterocycles. The van der Waals surface area contributed by atoms with E-state index in [2.05, 4.69) is 12.1 Å². The lowest BCUT2D eigenvalue weighted by Crippen LogP contribution is -1.92. The van der Waals surface area contributed by atoms with Crippen LogP contribution in [0.25, 0.3) is 5.57 Å². The lowest BCUT2D eigenvalue weighted by atomic mass is 9.92. The second-order valence-electron chi connectivity index (χ2n) is 2.78. The normalized spacial score (nSPS) is 15.5. The third-order valence-corrected chi connectivity index (χ3v) is 2.23. The monoisotopic (exact) mass is 164 g/mol. The molecular formula is C10H9Cl. The Bertz CT molecular complexity index is 299. The van der Waals surface area contributed by atoms with E-state index in [9.17, 15) is 0 Å². The van der Waals surface area contributed by atoms with Crippen LogP contribution in [0, 0.1) is 0 Å². The maximum absolute atomic E-state index is 5.84. The first-order valence-electron chi connectivity index (χ1n) is 3.81. The molecule has 0 unspecified atom stereocenters. The molecule has 1 aliphatic rings. The summed E-state index contributed by atoms with van der Waals surface area (Å²) < 4.78 is 0. The minimum Gasteiger partial charge on any atom is -0.0843 e. The van der Waals surface area contributed by atoms with Crippen LogP contribution in [0.1, 0.15) is 18.4 Å². The zero-order valence-electron chi connectivity index (χ0n) is 6.18. The van der Waals surface area contributed by atoms with Crippen LogP contribution in [-0.2, 0) is 0 Å². The van der Waals surface area contributed by atoms with E-state index in [1.807, 2.05) is 18.2 Å². The summed E-state index contributed by atoms with van der Waals surface area (Å²) in [5.74, 6) is 0. The minimum absolute atomic E-state index is 0.829. The Morgan fingerprint density at radius 2 is 2.09 bits per heavy atom. The average molecular weight is 165 g/mol. The van der Waals surface area contributed by atoms with Gasteiger partial charge in [-0.1, -0.05) is 29.8 Å². The smallest absolute Gasteiger partial charge is 0.0412 e. The zero-order chi connectivity index (χ0) is 7.68. The fraction of sp³-hybridized carbons (Fsp3) is 0.200. The zero-order valence-corrected chi connectivity index (χ0v) is 6.93. The number of rotatable bonds is 1. The van der Waals surface area contributed by atoms with Crippen molar-refractivity contribution in [1.82, 2.24) is 0 Å². The second kappa shape index (κ2) is 2.71. The molecule has 1 aromatic carbocycles. The summed E-state index contributed by atoms with van der Waals surface area (Å²) in [6.07, 6.45) is 4.69. The van der Waals surface area contributed by atoms with E-state index in [1.165, 1.54) is 24.0 Å². The Morgan fingerprint density at radius 1 is 1.27 bits per heavy atom. The quantitative estimate of drug-likeness (QED) is 0.596. The van der Waals surface area contributed by atoms with Crippen molar-refractivity contribution >= 4 is 17.2 Å². The highest BCUT2D eigenvalue weighted by Gasteiger charge is 2.07. The third-order valence-electron chi connectivity index (χ3n) is 2.00. The molecular weight excluding hydrogens is 156 g/mol. The van der Waals surface area contributed by atoms with Gasteiger partial charge in [-0.15, -0.1) is 0 Å². The SMILES string of the molecule is Clc1cccc(C2=CCC2)c1. The van der Waals surface area contributed by atoms with Gasteiger partial charge in [-0.2, -0.15) is 0 Å². The van der Waals surface area contributed by atoms with Crippen LogP contribution in [-0.4, -0.2) is 0 Å². The highest BCUT2D eigenvalue weighted by atomic mass is 35.5. The summed E-state index contributed by atoms with van der Waals surface area (Å²) in [5, 5.41) is 0.829. The first-order valence-corrected chi connectivity index (χ1v) is 4.19. The topological polar surface area (TPSA) is 0 Å². The van der Waals surface area contributed by atoms with Gasteiger partial charge in [-0.25, -0.2) is 0 Å². The van der Waals surface area contributed by atoms with Gasteiger partial charge >= 0.3 is 0 Å². The molecule has 0 fully saturated rings. The Hall–Kier alpha value is -0.750. The van der Waals surface area contributed by atoms with Gasteiger partial charge in [0.1, 0.15) is 0 Å². The van der Waals surface area contributed by atoms with Gasteiger partial charge in [-0.3, -0.25) is 0 Å².